The van der Waals surface area contributed by atoms with Gasteiger partial charge in [0.2, 0.25) is 11.8 Å². The largest absolute Gasteiger partial charge is 0.370 e. The van der Waals surface area contributed by atoms with Gasteiger partial charge in [0, 0.05) is 38.8 Å². The van der Waals surface area contributed by atoms with Crippen LogP contribution in [0, 0.1) is 0 Å². The van der Waals surface area contributed by atoms with Gasteiger partial charge in [-0.1, -0.05) is 0 Å². The minimum Gasteiger partial charge on any atom is -0.370 e. The van der Waals surface area contributed by atoms with E-state index in [9.17, 15) is 14.4 Å². The number of piperidine rings is 1. The molecule has 8 heteroatoms. The van der Waals surface area contributed by atoms with Crippen molar-refractivity contribution in [1.29, 1.82) is 0 Å². The van der Waals surface area contributed by atoms with E-state index in [1.807, 2.05) is 18.2 Å². The molecule has 2 fully saturated rings. The molecule has 2 unspecified atom stereocenters. The highest BCUT2D eigenvalue weighted by molar-refractivity contribution is 6.00. The van der Waals surface area contributed by atoms with E-state index in [0.717, 1.165) is 30.7 Å². The molecule has 2 saturated heterocycles. The fourth-order valence-corrected chi connectivity index (χ4v) is 3.98. The number of nitrogens with one attached hydrogen (secondary N) is 2. The third-order valence-corrected chi connectivity index (χ3v) is 5.58. The van der Waals surface area contributed by atoms with Crippen LogP contribution in [0.4, 0.5) is 5.69 Å². The van der Waals surface area contributed by atoms with Crippen LogP contribution in [0.2, 0.25) is 0 Å². The fraction of sp³-hybridized carbons (Fsp3) is 0.500. The number of imidazole rings is 1. The van der Waals surface area contributed by atoms with Crippen molar-refractivity contribution in [3.8, 4) is 0 Å². The summed E-state index contributed by atoms with van der Waals surface area (Å²) in [7, 11) is 3.78. The summed E-state index contributed by atoms with van der Waals surface area (Å²) in [4.78, 5) is 38.7. The van der Waals surface area contributed by atoms with Crippen LogP contribution in [-0.2, 0) is 16.6 Å². The van der Waals surface area contributed by atoms with E-state index in [1.165, 1.54) is 4.57 Å². The van der Waals surface area contributed by atoms with Crippen molar-refractivity contribution in [2.24, 2.45) is 7.05 Å². The molecule has 2 N–H and O–H groups in total. The van der Waals surface area contributed by atoms with Crippen LogP contribution in [0.3, 0.4) is 0 Å². The van der Waals surface area contributed by atoms with E-state index in [1.54, 1.807) is 11.6 Å². The van der Waals surface area contributed by atoms with Crippen molar-refractivity contribution in [1.82, 2.24) is 19.8 Å². The molecule has 138 valence electrons. The lowest BCUT2D eigenvalue weighted by molar-refractivity contribution is -0.135. The smallest absolute Gasteiger partial charge is 0.329 e. The molecule has 1 aromatic carbocycles. The Bertz CT molecular complexity index is 938. The third kappa shape index (κ3) is 2.61. The zero-order valence-corrected chi connectivity index (χ0v) is 15.0. The highest BCUT2D eigenvalue weighted by atomic mass is 16.2. The molecule has 2 amide bonds. The first-order valence-corrected chi connectivity index (χ1v) is 8.95. The Labute approximate surface area is 150 Å². The van der Waals surface area contributed by atoms with Gasteiger partial charge in [-0.25, -0.2) is 4.79 Å². The molecular formula is C18H23N5O3. The number of likely N-dealkylation sites (N-methyl/N-ethyl adjacent to an activating group) is 1. The Kier molecular flexibility index (Phi) is 4.07. The quantitative estimate of drug-likeness (QED) is 0.762. The van der Waals surface area contributed by atoms with Gasteiger partial charge < -0.3 is 10.2 Å². The first-order chi connectivity index (χ1) is 12.5. The molecule has 2 aliphatic heterocycles. The van der Waals surface area contributed by atoms with Crippen LogP contribution in [0.25, 0.3) is 11.0 Å². The van der Waals surface area contributed by atoms with E-state index < -0.39 is 11.9 Å². The summed E-state index contributed by atoms with van der Waals surface area (Å²) in [5, 5.41) is 5.70. The highest BCUT2D eigenvalue weighted by Gasteiger charge is 2.31. The van der Waals surface area contributed by atoms with E-state index in [4.69, 9.17) is 0 Å². The number of aryl methyl sites for hydroxylation is 1. The second-order valence-electron chi connectivity index (χ2n) is 7.11. The Morgan fingerprint density at radius 3 is 2.65 bits per heavy atom. The molecule has 0 radical (unpaired) electrons. The van der Waals surface area contributed by atoms with Gasteiger partial charge in [0.25, 0.3) is 0 Å². The van der Waals surface area contributed by atoms with E-state index in [-0.39, 0.29) is 18.0 Å². The van der Waals surface area contributed by atoms with Crippen LogP contribution in [0.1, 0.15) is 25.3 Å². The number of imide groups is 1. The minimum atomic E-state index is -0.647. The van der Waals surface area contributed by atoms with Gasteiger partial charge in [0.15, 0.2) is 0 Å². The van der Waals surface area contributed by atoms with Crippen molar-refractivity contribution in [2.45, 2.75) is 31.3 Å². The van der Waals surface area contributed by atoms with E-state index in [0.29, 0.717) is 18.0 Å². The summed E-state index contributed by atoms with van der Waals surface area (Å²) in [5.41, 5.74) is 2.31. The zero-order chi connectivity index (χ0) is 18.4. The molecule has 0 aliphatic carbocycles. The molecule has 1 aromatic heterocycles. The lowest BCUT2D eigenvalue weighted by Gasteiger charge is -2.26. The number of hydrogen-bond donors (Lipinski definition) is 2. The lowest BCUT2D eigenvalue weighted by Crippen LogP contribution is -2.44. The van der Waals surface area contributed by atoms with Gasteiger partial charge in [-0.2, -0.15) is 0 Å². The molecular weight excluding hydrogens is 334 g/mol. The number of amides is 2. The Morgan fingerprint density at radius 2 is 1.96 bits per heavy atom. The summed E-state index contributed by atoms with van der Waals surface area (Å²) in [6, 6.07) is 5.67. The zero-order valence-electron chi connectivity index (χ0n) is 15.0. The Morgan fingerprint density at radius 1 is 1.15 bits per heavy atom. The monoisotopic (exact) mass is 357 g/mol. The standard InChI is InChI=1S/C18H23N5O3/c1-21(12-7-8-19-10-12)11-3-4-13-15(9-11)22(2)18(26)23(13)14-5-6-16(24)20-17(14)25/h3-4,9,12,14,19H,5-8,10H2,1-2H3,(H,20,24,25). The van der Waals surface area contributed by atoms with Crippen molar-refractivity contribution in [3.63, 3.8) is 0 Å². The minimum absolute atomic E-state index is 0.239. The number of aromatic nitrogens is 2. The summed E-state index contributed by atoms with van der Waals surface area (Å²) in [6.45, 7) is 1.96. The van der Waals surface area contributed by atoms with Gasteiger partial charge in [-0.15, -0.1) is 0 Å². The number of rotatable bonds is 3. The SMILES string of the molecule is CN(c1ccc2c(c1)n(C)c(=O)n2C1CCC(=O)NC1=O)C1CCNC1. The molecule has 0 saturated carbocycles. The number of carbonyl (C=O) groups excluding carboxylic acids is 2. The Balaban J connectivity index is 1.76. The van der Waals surface area contributed by atoms with Gasteiger partial charge in [0.1, 0.15) is 6.04 Å². The van der Waals surface area contributed by atoms with Crippen LogP contribution in [-0.4, -0.2) is 47.1 Å². The van der Waals surface area contributed by atoms with Gasteiger partial charge >= 0.3 is 5.69 Å². The maximum absolute atomic E-state index is 12.8. The number of benzene rings is 1. The van der Waals surface area contributed by atoms with Crippen molar-refractivity contribution in [2.75, 3.05) is 25.0 Å². The predicted molar refractivity (Wildman–Crippen MR) is 98.3 cm³/mol. The molecule has 0 spiro atoms. The number of fused-ring (bicyclic) bond motifs is 1. The van der Waals surface area contributed by atoms with Gasteiger partial charge in [-0.05, 0) is 37.6 Å². The molecule has 2 aliphatic rings. The van der Waals surface area contributed by atoms with Crippen LogP contribution < -0.4 is 21.2 Å². The third-order valence-electron chi connectivity index (χ3n) is 5.58. The summed E-state index contributed by atoms with van der Waals surface area (Å²) in [6.07, 6.45) is 1.68. The van der Waals surface area contributed by atoms with E-state index >= 15 is 0 Å². The maximum Gasteiger partial charge on any atom is 0.329 e. The fourth-order valence-electron chi connectivity index (χ4n) is 3.98. The summed E-state index contributed by atoms with van der Waals surface area (Å²) >= 11 is 0. The highest BCUT2D eigenvalue weighted by Crippen LogP contribution is 2.27. The topological polar surface area (TPSA) is 88.4 Å². The van der Waals surface area contributed by atoms with E-state index in [2.05, 4.69) is 22.6 Å². The van der Waals surface area contributed by atoms with Crippen LogP contribution in [0.5, 0.6) is 0 Å². The predicted octanol–water partition coefficient (Wildman–Crippen LogP) is 0.116. The number of carbonyl (C=O) groups is 2. The van der Waals surface area contributed by atoms with Crippen molar-refractivity contribution in [3.05, 3.63) is 28.7 Å². The van der Waals surface area contributed by atoms with Crippen LogP contribution >= 0.6 is 0 Å². The second kappa shape index (κ2) is 6.28. The summed E-state index contributed by atoms with van der Waals surface area (Å²) < 4.78 is 3.08. The second-order valence-corrected chi connectivity index (χ2v) is 7.11. The normalized spacial score (nSPS) is 23.5. The van der Waals surface area contributed by atoms with Crippen LogP contribution in [0.15, 0.2) is 23.0 Å². The molecule has 26 heavy (non-hydrogen) atoms. The first-order valence-electron chi connectivity index (χ1n) is 8.95. The molecule has 2 atom stereocenters. The molecule has 2 aromatic rings. The first kappa shape index (κ1) is 16.8. The van der Waals surface area contributed by atoms with Crippen molar-refractivity contribution < 1.29 is 9.59 Å². The average molecular weight is 357 g/mol. The average Bonchev–Trinajstić information content (AvgIpc) is 3.24. The van der Waals surface area contributed by atoms with Gasteiger partial charge in [0.05, 0.1) is 11.0 Å². The Hall–Kier alpha value is -2.61. The molecule has 8 nitrogen and oxygen atoms in total. The molecule has 4 rings (SSSR count). The molecule has 0 bridgehead atoms. The molecule has 3 heterocycles. The van der Waals surface area contributed by atoms with Crippen molar-refractivity contribution >= 4 is 28.5 Å². The lowest BCUT2D eigenvalue weighted by atomic mass is 10.1. The number of nitrogens with zero attached hydrogens (tertiary/aromatic N) is 3. The number of anilines is 1. The number of hydrogen-bond acceptors (Lipinski definition) is 5. The van der Waals surface area contributed by atoms with Gasteiger partial charge in [-0.3, -0.25) is 24.0 Å². The summed E-state index contributed by atoms with van der Waals surface area (Å²) in [5.74, 6) is -0.692. The maximum atomic E-state index is 12.8.